The second-order valence-electron chi connectivity index (χ2n) is 5.63. The highest BCUT2D eigenvalue weighted by atomic mass is 32.2. The fourth-order valence-corrected chi connectivity index (χ4v) is 4.08. The van der Waals surface area contributed by atoms with E-state index in [0.717, 1.165) is 6.42 Å². The first-order chi connectivity index (χ1) is 9.47. The van der Waals surface area contributed by atoms with Gasteiger partial charge in [0.1, 0.15) is 0 Å². The first kappa shape index (κ1) is 15.5. The van der Waals surface area contributed by atoms with Crippen LogP contribution in [0.5, 0.6) is 0 Å². The predicted octanol–water partition coefficient (Wildman–Crippen LogP) is 1.71. The second kappa shape index (κ2) is 6.28. The fourth-order valence-electron chi connectivity index (χ4n) is 2.92. The van der Waals surface area contributed by atoms with Crippen LogP contribution in [0.15, 0.2) is 17.2 Å². The Morgan fingerprint density at radius 1 is 1.45 bits per heavy atom. The van der Waals surface area contributed by atoms with E-state index >= 15 is 0 Å². The molecule has 2 N–H and O–H groups in total. The van der Waals surface area contributed by atoms with Gasteiger partial charge in [0.2, 0.25) is 10.0 Å². The second-order valence-corrected chi connectivity index (χ2v) is 7.40. The van der Waals surface area contributed by atoms with E-state index in [4.69, 9.17) is 0 Å². The lowest BCUT2D eigenvalue weighted by atomic mass is 9.99. The Labute approximate surface area is 121 Å². The first-order valence-electron chi connectivity index (χ1n) is 7.27. The van der Waals surface area contributed by atoms with Crippen molar-refractivity contribution in [1.29, 1.82) is 0 Å². The minimum Gasteiger partial charge on any atom is -0.390 e. The largest absolute Gasteiger partial charge is 0.390 e. The standard InChI is InChI=1S/C14H24N2O3S/c1-3-16-9-14(7-13(16)10-17)20(18,19)15-8-12-6-4-5-11(12)2/h7,9,11-12,15,17H,3-6,8,10H2,1-2H3. The van der Waals surface area contributed by atoms with E-state index in [2.05, 4.69) is 11.6 Å². The van der Waals surface area contributed by atoms with Gasteiger partial charge in [-0.05, 0) is 31.2 Å². The number of aliphatic hydroxyl groups is 1. The zero-order chi connectivity index (χ0) is 14.8. The minimum atomic E-state index is -3.47. The SMILES string of the molecule is CCn1cc(S(=O)(=O)NCC2CCCC2C)cc1CO. The summed E-state index contributed by atoms with van der Waals surface area (Å²) < 4.78 is 29.0. The highest BCUT2D eigenvalue weighted by Gasteiger charge is 2.26. The summed E-state index contributed by atoms with van der Waals surface area (Å²) in [6.07, 6.45) is 5.06. The summed E-state index contributed by atoms with van der Waals surface area (Å²) in [7, 11) is -3.47. The molecule has 0 aromatic carbocycles. The van der Waals surface area contributed by atoms with Crippen molar-refractivity contribution in [3.05, 3.63) is 18.0 Å². The first-order valence-corrected chi connectivity index (χ1v) is 8.75. The summed E-state index contributed by atoms with van der Waals surface area (Å²) in [5.74, 6) is 1.03. The van der Waals surface area contributed by atoms with Gasteiger partial charge in [-0.25, -0.2) is 13.1 Å². The molecule has 1 aliphatic rings. The molecule has 6 heteroatoms. The van der Waals surface area contributed by atoms with E-state index < -0.39 is 10.0 Å². The summed E-state index contributed by atoms with van der Waals surface area (Å²) >= 11 is 0. The maximum atomic E-state index is 12.3. The van der Waals surface area contributed by atoms with Crippen molar-refractivity contribution in [1.82, 2.24) is 9.29 Å². The number of aryl methyl sites for hydroxylation is 1. The number of aliphatic hydroxyl groups excluding tert-OH is 1. The monoisotopic (exact) mass is 300 g/mol. The van der Waals surface area contributed by atoms with E-state index in [1.165, 1.54) is 12.8 Å². The molecule has 0 amide bonds. The number of hydrogen-bond donors (Lipinski definition) is 2. The number of aromatic nitrogens is 1. The van der Waals surface area contributed by atoms with Gasteiger partial charge in [-0.15, -0.1) is 0 Å². The molecule has 0 saturated heterocycles. The molecule has 2 unspecified atom stereocenters. The zero-order valence-electron chi connectivity index (χ0n) is 12.2. The molecule has 1 aliphatic carbocycles. The minimum absolute atomic E-state index is 0.150. The fraction of sp³-hybridized carbons (Fsp3) is 0.714. The molecule has 5 nitrogen and oxygen atoms in total. The molecule has 1 saturated carbocycles. The molecule has 2 atom stereocenters. The Balaban J connectivity index is 2.08. The summed E-state index contributed by atoms with van der Waals surface area (Å²) in [5.41, 5.74) is 0.627. The number of hydrogen-bond acceptors (Lipinski definition) is 3. The van der Waals surface area contributed by atoms with Crippen LogP contribution in [0.25, 0.3) is 0 Å². The number of nitrogens with zero attached hydrogens (tertiary/aromatic N) is 1. The van der Waals surface area contributed by atoms with Crippen molar-refractivity contribution in [2.24, 2.45) is 11.8 Å². The van der Waals surface area contributed by atoms with Crippen LogP contribution in [0.1, 0.15) is 38.8 Å². The molecule has 114 valence electrons. The van der Waals surface area contributed by atoms with Crippen molar-refractivity contribution in [2.45, 2.75) is 51.2 Å². The summed E-state index contributed by atoms with van der Waals surface area (Å²) in [4.78, 5) is 0.244. The lowest BCUT2D eigenvalue weighted by molar-refractivity contribution is 0.271. The normalized spacial score (nSPS) is 23.4. The van der Waals surface area contributed by atoms with Crippen LogP contribution < -0.4 is 4.72 Å². The van der Waals surface area contributed by atoms with E-state index in [0.29, 0.717) is 30.6 Å². The van der Waals surface area contributed by atoms with Crippen molar-refractivity contribution in [2.75, 3.05) is 6.54 Å². The number of sulfonamides is 1. The van der Waals surface area contributed by atoms with Crippen LogP contribution in [0, 0.1) is 11.8 Å². The van der Waals surface area contributed by atoms with Gasteiger partial charge in [-0.1, -0.05) is 19.8 Å². The van der Waals surface area contributed by atoms with Crippen molar-refractivity contribution in [3.63, 3.8) is 0 Å². The molecule has 0 aliphatic heterocycles. The molecule has 1 fully saturated rings. The maximum Gasteiger partial charge on any atom is 0.242 e. The zero-order valence-corrected chi connectivity index (χ0v) is 13.0. The third-order valence-corrected chi connectivity index (χ3v) is 5.74. The van der Waals surface area contributed by atoms with E-state index in [1.807, 2.05) is 6.92 Å². The quantitative estimate of drug-likeness (QED) is 0.840. The lowest BCUT2D eigenvalue weighted by Crippen LogP contribution is -2.30. The number of rotatable bonds is 6. The molecular weight excluding hydrogens is 276 g/mol. The van der Waals surface area contributed by atoms with Crippen LogP contribution in [-0.2, 0) is 23.2 Å². The molecule has 0 spiro atoms. The smallest absolute Gasteiger partial charge is 0.242 e. The Bertz CT molecular complexity index is 529. The van der Waals surface area contributed by atoms with Crippen LogP contribution in [-0.4, -0.2) is 24.6 Å². The van der Waals surface area contributed by atoms with Gasteiger partial charge in [-0.2, -0.15) is 0 Å². The highest BCUT2D eigenvalue weighted by molar-refractivity contribution is 7.89. The van der Waals surface area contributed by atoms with Crippen LogP contribution in [0.3, 0.4) is 0 Å². The topological polar surface area (TPSA) is 71.3 Å². The van der Waals surface area contributed by atoms with Crippen LogP contribution in [0.4, 0.5) is 0 Å². The van der Waals surface area contributed by atoms with Gasteiger partial charge in [-0.3, -0.25) is 0 Å². The van der Waals surface area contributed by atoms with Gasteiger partial charge in [0, 0.05) is 25.0 Å². The van der Waals surface area contributed by atoms with Crippen LogP contribution in [0.2, 0.25) is 0 Å². The Hall–Kier alpha value is -0.850. The van der Waals surface area contributed by atoms with E-state index in [9.17, 15) is 13.5 Å². The molecule has 0 radical (unpaired) electrons. The molecule has 1 aromatic heterocycles. The van der Waals surface area contributed by atoms with E-state index in [-0.39, 0.29) is 11.5 Å². The van der Waals surface area contributed by atoms with Gasteiger partial charge in [0.25, 0.3) is 0 Å². The molecular formula is C14H24N2O3S. The van der Waals surface area contributed by atoms with Gasteiger partial charge >= 0.3 is 0 Å². The van der Waals surface area contributed by atoms with Crippen molar-refractivity contribution >= 4 is 10.0 Å². The van der Waals surface area contributed by atoms with Gasteiger partial charge in [0.05, 0.1) is 11.5 Å². The maximum absolute atomic E-state index is 12.3. The third kappa shape index (κ3) is 3.24. The van der Waals surface area contributed by atoms with E-state index in [1.54, 1.807) is 16.8 Å². The molecule has 2 rings (SSSR count). The Morgan fingerprint density at radius 2 is 2.20 bits per heavy atom. The molecule has 1 aromatic rings. The summed E-state index contributed by atoms with van der Waals surface area (Å²) in [6.45, 7) is 5.11. The lowest BCUT2D eigenvalue weighted by Gasteiger charge is -2.15. The Kier molecular flexibility index (Phi) is 4.88. The highest BCUT2D eigenvalue weighted by Crippen LogP contribution is 2.30. The van der Waals surface area contributed by atoms with Gasteiger partial charge in [0.15, 0.2) is 0 Å². The average molecular weight is 300 g/mol. The van der Waals surface area contributed by atoms with Gasteiger partial charge < -0.3 is 9.67 Å². The summed E-state index contributed by atoms with van der Waals surface area (Å²) in [6, 6.07) is 1.55. The van der Waals surface area contributed by atoms with Crippen LogP contribution >= 0.6 is 0 Å². The molecule has 1 heterocycles. The molecule has 0 bridgehead atoms. The third-order valence-electron chi connectivity index (χ3n) is 4.35. The average Bonchev–Trinajstić information content (AvgIpc) is 3.02. The molecule has 20 heavy (non-hydrogen) atoms. The Morgan fingerprint density at radius 3 is 2.70 bits per heavy atom. The predicted molar refractivity (Wildman–Crippen MR) is 77.7 cm³/mol. The number of nitrogens with one attached hydrogen (secondary N) is 1. The van der Waals surface area contributed by atoms with Crippen molar-refractivity contribution in [3.8, 4) is 0 Å². The summed E-state index contributed by atoms with van der Waals surface area (Å²) in [5, 5.41) is 9.23. The van der Waals surface area contributed by atoms with Crippen molar-refractivity contribution < 1.29 is 13.5 Å².